The monoisotopic (exact) mass is 355 g/mol. The molecule has 0 unspecified atom stereocenters. The molecule has 1 aromatic rings. The van der Waals surface area contributed by atoms with Crippen molar-refractivity contribution in [3.63, 3.8) is 0 Å². The fraction of sp³-hybridized carbons (Fsp3) is 0.625. The van der Waals surface area contributed by atoms with Crippen molar-refractivity contribution < 1.29 is 17.9 Å². The van der Waals surface area contributed by atoms with Crippen LogP contribution in [0.15, 0.2) is 23.1 Å². The third-order valence-electron chi connectivity index (χ3n) is 4.16. The number of nitrogens with one attached hydrogen (secondary N) is 2. The van der Waals surface area contributed by atoms with Crippen LogP contribution < -0.4 is 14.8 Å². The Morgan fingerprint density at radius 3 is 2.92 bits per heavy atom. The van der Waals surface area contributed by atoms with Crippen LogP contribution in [0.4, 0.5) is 5.69 Å². The van der Waals surface area contributed by atoms with E-state index in [1.54, 1.807) is 25.1 Å². The van der Waals surface area contributed by atoms with Crippen LogP contribution in [0.25, 0.3) is 0 Å². The van der Waals surface area contributed by atoms with Crippen molar-refractivity contribution in [2.24, 2.45) is 0 Å². The van der Waals surface area contributed by atoms with E-state index in [9.17, 15) is 8.42 Å². The molecular formula is C16H25N3O4S. The topological polar surface area (TPSA) is 79.9 Å². The fourth-order valence-electron chi connectivity index (χ4n) is 2.89. The highest BCUT2D eigenvalue weighted by molar-refractivity contribution is 7.89. The van der Waals surface area contributed by atoms with E-state index in [1.165, 1.54) is 0 Å². The summed E-state index contributed by atoms with van der Waals surface area (Å²) in [5.41, 5.74) is 0.875. The number of hydrogen-bond acceptors (Lipinski definition) is 6. The summed E-state index contributed by atoms with van der Waals surface area (Å²) in [6, 6.07) is 4.90. The van der Waals surface area contributed by atoms with Crippen molar-refractivity contribution in [3.05, 3.63) is 18.2 Å². The molecule has 24 heavy (non-hydrogen) atoms. The Labute approximate surface area is 143 Å². The van der Waals surface area contributed by atoms with Gasteiger partial charge < -0.3 is 14.8 Å². The summed E-state index contributed by atoms with van der Waals surface area (Å²) >= 11 is 0. The lowest BCUT2D eigenvalue weighted by atomic mass is 10.2. The maximum atomic E-state index is 12.2. The number of morpholine rings is 1. The molecule has 2 heterocycles. The minimum Gasteiger partial charge on any atom is -0.490 e. The van der Waals surface area contributed by atoms with E-state index >= 15 is 0 Å². The fourth-order valence-corrected chi connectivity index (χ4v) is 4.24. The molecule has 8 heteroatoms. The van der Waals surface area contributed by atoms with Crippen LogP contribution in [-0.2, 0) is 14.8 Å². The van der Waals surface area contributed by atoms with E-state index in [1.807, 2.05) is 0 Å². The number of fused-ring (bicyclic) bond motifs is 1. The highest BCUT2D eigenvalue weighted by Crippen LogP contribution is 2.29. The van der Waals surface area contributed by atoms with Gasteiger partial charge >= 0.3 is 0 Å². The smallest absolute Gasteiger partial charge is 0.244 e. The largest absolute Gasteiger partial charge is 0.490 e. The first kappa shape index (κ1) is 17.5. The first-order chi connectivity index (χ1) is 11.5. The number of sulfonamides is 1. The van der Waals surface area contributed by atoms with Crippen molar-refractivity contribution in [1.82, 2.24) is 9.62 Å². The average molecular weight is 355 g/mol. The van der Waals surface area contributed by atoms with Crippen molar-refractivity contribution in [2.45, 2.75) is 24.3 Å². The van der Waals surface area contributed by atoms with Crippen LogP contribution in [0.1, 0.15) is 13.3 Å². The third-order valence-corrected chi connectivity index (χ3v) is 5.79. The molecule has 0 radical (unpaired) electrons. The predicted octanol–water partition coefficient (Wildman–Crippen LogP) is 0.880. The van der Waals surface area contributed by atoms with Crippen LogP contribution in [0.3, 0.4) is 0 Å². The summed E-state index contributed by atoms with van der Waals surface area (Å²) in [7, 11) is -3.51. The molecule has 1 fully saturated rings. The van der Waals surface area contributed by atoms with Crippen molar-refractivity contribution in [3.8, 4) is 5.75 Å². The van der Waals surface area contributed by atoms with Crippen molar-refractivity contribution in [1.29, 1.82) is 0 Å². The van der Waals surface area contributed by atoms with Crippen LogP contribution in [0.2, 0.25) is 0 Å². The maximum Gasteiger partial charge on any atom is 0.244 e. The third kappa shape index (κ3) is 4.38. The molecule has 0 spiro atoms. The highest BCUT2D eigenvalue weighted by atomic mass is 32.2. The minimum absolute atomic E-state index is 0.200. The van der Waals surface area contributed by atoms with Gasteiger partial charge in [0.15, 0.2) is 0 Å². The number of nitrogens with zero attached hydrogens (tertiary/aromatic N) is 1. The van der Waals surface area contributed by atoms with Crippen molar-refractivity contribution >= 4 is 15.7 Å². The zero-order chi connectivity index (χ0) is 17.0. The summed E-state index contributed by atoms with van der Waals surface area (Å²) in [6.07, 6.45) is 1.02. The molecular weight excluding hydrogens is 330 g/mol. The van der Waals surface area contributed by atoms with Gasteiger partial charge in [0.1, 0.15) is 17.3 Å². The molecule has 0 amide bonds. The Bertz CT molecular complexity index is 659. The van der Waals surface area contributed by atoms with E-state index in [2.05, 4.69) is 14.9 Å². The standard InChI is InChI=1S/C16H25N3O4S/c1-13-12-23-15-11-14(3-4-16(15)24(20,21)18-13)17-5-2-6-19-7-9-22-10-8-19/h3-4,11,13,17-18H,2,5-10,12H2,1H3/t13-/m0/s1. The Hall–Kier alpha value is -1.35. The van der Waals surface area contributed by atoms with E-state index in [0.29, 0.717) is 12.4 Å². The summed E-state index contributed by atoms with van der Waals surface area (Å²) < 4.78 is 38.0. The van der Waals surface area contributed by atoms with Crippen LogP contribution in [0.5, 0.6) is 5.75 Å². The molecule has 0 bridgehead atoms. The molecule has 3 rings (SSSR count). The van der Waals surface area contributed by atoms with Crippen LogP contribution in [0, 0.1) is 0 Å². The van der Waals surface area contributed by atoms with Gasteiger partial charge in [-0.3, -0.25) is 4.90 Å². The molecule has 0 aromatic heterocycles. The Balaban J connectivity index is 1.56. The van der Waals surface area contributed by atoms with Gasteiger partial charge in [0.05, 0.1) is 19.3 Å². The number of benzene rings is 1. The summed E-state index contributed by atoms with van der Waals surface area (Å²) in [4.78, 5) is 2.59. The van der Waals surface area contributed by atoms with Crippen LogP contribution in [-0.4, -0.2) is 65.4 Å². The highest BCUT2D eigenvalue weighted by Gasteiger charge is 2.26. The molecule has 2 N–H and O–H groups in total. The van der Waals surface area contributed by atoms with Crippen LogP contribution >= 0.6 is 0 Å². The van der Waals surface area contributed by atoms with E-state index < -0.39 is 10.0 Å². The average Bonchev–Trinajstić information content (AvgIpc) is 2.68. The van der Waals surface area contributed by atoms with E-state index in [-0.39, 0.29) is 10.9 Å². The van der Waals surface area contributed by atoms with Gasteiger partial charge in [-0.05, 0) is 32.0 Å². The Morgan fingerprint density at radius 2 is 2.12 bits per heavy atom. The molecule has 1 atom stereocenters. The molecule has 0 saturated carbocycles. The lowest BCUT2D eigenvalue weighted by Crippen LogP contribution is -2.37. The number of rotatable bonds is 5. The normalized spacial score (nSPS) is 23.8. The van der Waals surface area contributed by atoms with Gasteiger partial charge in [0, 0.05) is 31.4 Å². The second-order valence-electron chi connectivity index (χ2n) is 6.23. The number of anilines is 1. The van der Waals surface area contributed by atoms with Gasteiger partial charge in [-0.1, -0.05) is 0 Å². The predicted molar refractivity (Wildman–Crippen MR) is 92.1 cm³/mol. The molecule has 7 nitrogen and oxygen atoms in total. The minimum atomic E-state index is -3.51. The first-order valence-electron chi connectivity index (χ1n) is 8.38. The van der Waals surface area contributed by atoms with Crippen molar-refractivity contribution in [2.75, 3.05) is 51.3 Å². The molecule has 0 aliphatic carbocycles. The van der Waals surface area contributed by atoms with Gasteiger partial charge in [-0.2, -0.15) is 0 Å². The lowest BCUT2D eigenvalue weighted by molar-refractivity contribution is 0.0378. The molecule has 134 valence electrons. The first-order valence-corrected chi connectivity index (χ1v) is 9.86. The maximum absolute atomic E-state index is 12.2. The summed E-state index contributed by atoms with van der Waals surface area (Å²) in [5.74, 6) is 0.407. The van der Waals surface area contributed by atoms with Gasteiger partial charge in [0.2, 0.25) is 10.0 Å². The number of ether oxygens (including phenoxy) is 2. The van der Waals surface area contributed by atoms with E-state index in [4.69, 9.17) is 9.47 Å². The van der Waals surface area contributed by atoms with Gasteiger partial charge in [0.25, 0.3) is 0 Å². The molecule has 2 aliphatic heterocycles. The Morgan fingerprint density at radius 1 is 1.33 bits per heavy atom. The van der Waals surface area contributed by atoms with Gasteiger partial charge in [-0.15, -0.1) is 0 Å². The quantitative estimate of drug-likeness (QED) is 0.764. The zero-order valence-electron chi connectivity index (χ0n) is 14.0. The number of hydrogen-bond donors (Lipinski definition) is 2. The second kappa shape index (κ2) is 7.69. The summed E-state index contributed by atoms with van der Waals surface area (Å²) in [6.45, 7) is 7.60. The molecule has 1 aromatic carbocycles. The SMILES string of the molecule is C[C@H]1COc2cc(NCCCN3CCOCC3)ccc2S(=O)(=O)N1. The second-order valence-corrected chi connectivity index (χ2v) is 7.91. The molecule has 2 aliphatic rings. The van der Waals surface area contributed by atoms with E-state index in [0.717, 1.165) is 51.5 Å². The van der Waals surface area contributed by atoms with Gasteiger partial charge in [-0.25, -0.2) is 13.1 Å². The lowest BCUT2D eigenvalue weighted by Gasteiger charge is -2.26. The Kier molecular flexibility index (Phi) is 5.60. The molecule has 1 saturated heterocycles. The summed E-state index contributed by atoms with van der Waals surface area (Å²) in [5, 5.41) is 3.34. The zero-order valence-corrected chi connectivity index (χ0v) is 14.8.